The monoisotopic (exact) mass is 407 g/mol. The zero-order valence-electron chi connectivity index (χ0n) is 18.5. The fourth-order valence-corrected chi connectivity index (χ4v) is 9.47. The van der Waals surface area contributed by atoms with Crippen LogP contribution in [0.3, 0.4) is 0 Å². The Labute approximate surface area is 181 Å². The van der Waals surface area contributed by atoms with Crippen molar-refractivity contribution in [3.63, 3.8) is 0 Å². The van der Waals surface area contributed by atoms with Crippen molar-refractivity contribution in [3.8, 4) is 0 Å². The fourth-order valence-electron chi connectivity index (χ4n) is 9.47. The molecule has 5 saturated carbocycles. The highest BCUT2D eigenvalue weighted by Crippen LogP contribution is 2.74. The first-order valence-electron chi connectivity index (χ1n) is 12.5. The van der Waals surface area contributed by atoms with E-state index < -0.39 is 5.60 Å². The summed E-state index contributed by atoms with van der Waals surface area (Å²) in [6.07, 6.45) is 14.8. The zero-order chi connectivity index (χ0) is 20.4. The van der Waals surface area contributed by atoms with Crippen LogP contribution < -0.4 is 5.32 Å². The molecule has 1 aliphatic heterocycles. The summed E-state index contributed by atoms with van der Waals surface area (Å²) in [5.74, 6) is 2.61. The van der Waals surface area contributed by atoms with Gasteiger partial charge in [0.15, 0.2) is 0 Å². The summed E-state index contributed by atoms with van der Waals surface area (Å²) in [5, 5.41) is 3.25. The lowest BCUT2D eigenvalue weighted by atomic mass is 9.38. The van der Waals surface area contributed by atoms with E-state index in [0.717, 1.165) is 30.7 Å². The van der Waals surface area contributed by atoms with E-state index in [1.807, 2.05) is 7.05 Å². The van der Waals surface area contributed by atoms with E-state index in [-0.39, 0.29) is 17.3 Å². The highest BCUT2D eigenvalue weighted by atomic mass is 16.6. The Kier molecular flexibility index (Phi) is 4.40. The van der Waals surface area contributed by atoms with Crippen LogP contribution in [-0.2, 0) is 15.1 Å². The van der Waals surface area contributed by atoms with Crippen molar-refractivity contribution in [2.24, 2.45) is 34.5 Å². The number of carbonyl (C=O) groups is 1. The third kappa shape index (κ3) is 2.63. The number of ether oxygens (including phenoxy) is 1. The summed E-state index contributed by atoms with van der Waals surface area (Å²) in [5.41, 5.74) is 1.50. The van der Waals surface area contributed by atoms with Crippen LogP contribution in [0.15, 0.2) is 30.3 Å². The predicted octanol–water partition coefficient (Wildman–Crippen LogP) is 5.44. The minimum atomic E-state index is -0.422. The molecule has 3 nitrogen and oxygen atoms in total. The van der Waals surface area contributed by atoms with Gasteiger partial charge in [-0.05, 0) is 87.1 Å². The van der Waals surface area contributed by atoms with Gasteiger partial charge in [0.05, 0.1) is 5.92 Å². The molecule has 1 N–H and O–H groups in total. The highest BCUT2D eigenvalue weighted by Gasteiger charge is 2.69. The van der Waals surface area contributed by atoms with Crippen molar-refractivity contribution in [1.82, 2.24) is 5.32 Å². The Morgan fingerprint density at radius 2 is 1.70 bits per heavy atom. The molecule has 1 aromatic rings. The molecule has 3 heteroatoms. The smallest absolute Gasteiger partial charge is 0.311 e. The Bertz CT molecular complexity index is 799. The number of carbonyl (C=O) groups excluding carboxylic acids is 1. The Hall–Kier alpha value is -1.35. The van der Waals surface area contributed by atoms with Crippen molar-refractivity contribution < 1.29 is 9.53 Å². The van der Waals surface area contributed by atoms with Gasteiger partial charge in [0.2, 0.25) is 0 Å². The number of esters is 1. The van der Waals surface area contributed by atoms with Crippen LogP contribution in [-0.4, -0.2) is 19.6 Å². The maximum absolute atomic E-state index is 13.1. The van der Waals surface area contributed by atoms with E-state index in [1.165, 1.54) is 69.8 Å². The van der Waals surface area contributed by atoms with Gasteiger partial charge in [-0.25, -0.2) is 0 Å². The average Bonchev–Trinajstić information content (AvgIpc) is 3.38. The Morgan fingerprint density at radius 1 is 1.00 bits per heavy atom. The molecule has 30 heavy (non-hydrogen) atoms. The summed E-state index contributed by atoms with van der Waals surface area (Å²) in [4.78, 5) is 13.1. The van der Waals surface area contributed by atoms with Crippen LogP contribution in [0.4, 0.5) is 0 Å². The van der Waals surface area contributed by atoms with Gasteiger partial charge >= 0.3 is 5.97 Å². The summed E-state index contributed by atoms with van der Waals surface area (Å²) in [6, 6.07) is 10.9. The number of benzene rings is 1. The minimum absolute atomic E-state index is 0.0226. The van der Waals surface area contributed by atoms with Crippen LogP contribution in [0.5, 0.6) is 0 Å². The van der Waals surface area contributed by atoms with Gasteiger partial charge in [-0.15, -0.1) is 0 Å². The second-order valence-electron chi connectivity index (χ2n) is 11.7. The fraction of sp³-hybridized carbons (Fsp3) is 0.741. The second kappa shape index (κ2) is 6.82. The van der Waals surface area contributed by atoms with Gasteiger partial charge in [0, 0.05) is 18.4 Å². The quantitative estimate of drug-likeness (QED) is 0.661. The lowest BCUT2D eigenvalue weighted by molar-refractivity contribution is -0.225. The molecule has 7 rings (SSSR count). The Balaban J connectivity index is 1.46. The lowest BCUT2D eigenvalue weighted by Crippen LogP contribution is -2.61. The Morgan fingerprint density at radius 3 is 2.37 bits per heavy atom. The van der Waals surface area contributed by atoms with Crippen molar-refractivity contribution in [3.05, 3.63) is 35.9 Å². The first-order valence-corrected chi connectivity index (χ1v) is 12.5. The summed E-state index contributed by atoms with van der Waals surface area (Å²) in [6.45, 7) is 0.726. The molecule has 1 aromatic carbocycles. The van der Waals surface area contributed by atoms with E-state index in [4.69, 9.17) is 4.74 Å². The van der Waals surface area contributed by atoms with Gasteiger partial charge in [-0.2, -0.15) is 0 Å². The SMILES string of the molecule is CNCC1CC(c2ccccc2)(C23CC4CC(CC(C5CCCC5)(C4)C2)C3)OC1=O. The topological polar surface area (TPSA) is 38.3 Å². The van der Waals surface area contributed by atoms with E-state index in [0.29, 0.717) is 5.41 Å². The number of hydrogen-bond donors (Lipinski definition) is 1. The van der Waals surface area contributed by atoms with Crippen molar-refractivity contribution in [2.75, 3.05) is 13.6 Å². The maximum Gasteiger partial charge on any atom is 0.311 e. The number of cyclic esters (lactones) is 1. The first kappa shape index (κ1) is 19.3. The molecule has 162 valence electrons. The molecule has 5 aliphatic carbocycles. The van der Waals surface area contributed by atoms with E-state index in [1.54, 1.807) is 0 Å². The molecule has 1 saturated heterocycles. The van der Waals surface area contributed by atoms with Crippen LogP contribution in [0.1, 0.15) is 76.2 Å². The third-order valence-corrected chi connectivity index (χ3v) is 10.0. The van der Waals surface area contributed by atoms with E-state index in [9.17, 15) is 4.79 Å². The molecule has 0 amide bonds. The molecule has 6 aliphatic rings. The van der Waals surface area contributed by atoms with Gasteiger partial charge in [-0.1, -0.05) is 43.2 Å². The predicted molar refractivity (Wildman–Crippen MR) is 118 cm³/mol. The molecule has 0 spiro atoms. The highest BCUT2D eigenvalue weighted by molar-refractivity contribution is 5.76. The molecule has 4 unspecified atom stereocenters. The van der Waals surface area contributed by atoms with Crippen LogP contribution in [0.2, 0.25) is 0 Å². The van der Waals surface area contributed by atoms with Crippen molar-refractivity contribution >= 4 is 5.97 Å². The molecule has 0 aromatic heterocycles. The zero-order valence-corrected chi connectivity index (χ0v) is 18.5. The van der Waals surface area contributed by atoms with E-state index in [2.05, 4.69) is 35.6 Å². The number of hydrogen-bond acceptors (Lipinski definition) is 3. The number of rotatable bonds is 5. The molecular weight excluding hydrogens is 370 g/mol. The molecule has 6 fully saturated rings. The van der Waals surface area contributed by atoms with Gasteiger partial charge in [0.1, 0.15) is 5.60 Å². The lowest BCUT2D eigenvalue weighted by Gasteiger charge is -2.67. The number of nitrogens with one attached hydrogen (secondary N) is 1. The summed E-state index contributed by atoms with van der Waals surface area (Å²) in [7, 11) is 1.95. The van der Waals surface area contributed by atoms with Crippen LogP contribution in [0, 0.1) is 34.5 Å². The third-order valence-electron chi connectivity index (χ3n) is 10.0. The van der Waals surface area contributed by atoms with Gasteiger partial charge in [0.25, 0.3) is 0 Å². The van der Waals surface area contributed by atoms with Crippen molar-refractivity contribution in [1.29, 1.82) is 0 Å². The standard InChI is InChI=1S/C27H37NO2/c1-28-17-21-16-27(30-24(21)29,23-9-3-2-4-10-23)26-14-19-11-20(15-26)13-25(12-19,18-26)22-7-5-6-8-22/h2-4,9-10,19-22,28H,5-8,11-18H2,1H3. The molecule has 1 heterocycles. The van der Waals surface area contributed by atoms with E-state index >= 15 is 0 Å². The molecule has 4 bridgehead atoms. The van der Waals surface area contributed by atoms with Gasteiger partial charge in [-0.3, -0.25) is 4.79 Å². The summed E-state index contributed by atoms with van der Waals surface area (Å²) >= 11 is 0. The normalized spacial score (nSPS) is 45.2. The molecule has 4 atom stereocenters. The minimum Gasteiger partial charge on any atom is -0.453 e. The largest absolute Gasteiger partial charge is 0.453 e. The van der Waals surface area contributed by atoms with Crippen molar-refractivity contribution in [2.45, 2.75) is 76.2 Å². The van der Waals surface area contributed by atoms with Crippen LogP contribution in [0.25, 0.3) is 0 Å². The maximum atomic E-state index is 13.1. The average molecular weight is 408 g/mol. The molecular formula is C27H37NO2. The molecule has 0 radical (unpaired) electrons. The second-order valence-corrected chi connectivity index (χ2v) is 11.7. The summed E-state index contributed by atoms with van der Waals surface area (Å²) < 4.78 is 6.61. The van der Waals surface area contributed by atoms with Crippen LogP contribution >= 0.6 is 0 Å². The first-order chi connectivity index (χ1) is 14.6. The van der Waals surface area contributed by atoms with Gasteiger partial charge < -0.3 is 10.1 Å².